The van der Waals surface area contributed by atoms with Crippen molar-refractivity contribution in [1.29, 1.82) is 0 Å². The molecule has 0 saturated carbocycles. The lowest BCUT2D eigenvalue weighted by Crippen LogP contribution is -2.20. The molecule has 0 radical (unpaired) electrons. The summed E-state index contributed by atoms with van der Waals surface area (Å²) in [7, 11) is 0. The van der Waals surface area contributed by atoms with E-state index >= 15 is 0 Å². The molecule has 2 rings (SSSR count). The van der Waals surface area contributed by atoms with E-state index in [9.17, 15) is 13.2 Å². The Balaban J connectivity index is 2.20. The number of nitrogens with two attached hydrogens (primary N) is 1. The van der Waals surface area contributed by atoms with Gasteiger partial charge in [0.15, 0.2) is 17.6 Å². The van der Waals surface area contributed by atoms with Crippen molar-refractivity contribution in [2.24, 2.45) is 5.73 Å². The van der Waals surface area contributed by atoms with Crippen LogP contribution in [0.5, 0.6) is 11.5 Å². The number of ether oxygens (including phenoxy) is 2. The molecule has 2 N–H and O–H groups in total. The summed E-state index contributed by atoms with van der Waals surface area (Å²) >= 11 is 0. The Morgan fingerprint density at radius 3 is 2.35 bits per heavy atom. The largest absolute Gasteiger partial charge is 0.573 e. The summed E-state index contributed by atoms with van der Waals surface area (Å²) < 4.78 is 51.4. The van der Waals surface area contributed by atoms with Gasteiger partial charge in [-0.2, -0.15) is 0 Å². The van der Waals surface area contributed by atoms with Crippen molar-refractivity contribution in [3.05, 3.63) is 48.4 Å². The van der Waals surface area contributed by atoms with Crippen LogP contribution in [0, 0.1) is 0 Å². The number of benzene rings is 1. The van der Waals surface area contributed by atoms with Gasteiger partial charge in [-0.3, -0.25) is 0 Å². The molecular formula is C13H12F3NO3. The fourth-order valence-electron chi connectivity index (χ4n) is 1.61. The van der Waals surface area contributed by atoms with Crippen LogP contribution in [-0.2, 0) is 0 Å². The highest BCUT2D eigenvalue weighted by molar-refractivity contribution is 5.40. The number of halogens is 3. The number of alkyl halides is 3. The van der Waals surface area contributed by atoms with Gasteiger partial charge >= 0.3 is 6.36 Å². The number of furan rings is 1. The lowest BCUT2D eigenvalue weighted by Gasteiger charge is -2.18. The summed E-state index contributed by atoms with van der Waals surface area (Å²) in [4.78, 5) is 0. The molecule has 2 aromatic rings. The minimum Gasteiger partial charge on any atom is -0.477 e. The first-order chi connectivity index (χ1) is 9.49. The number of hydrogen-bond acceptors (Lipinski definition) is 4. The predicted molar refractivity (Wildman–Crippen MR) is 64.3 cm³/mol. The minimum absolute atomic E-state index is 0.0495. The fraction of sp³-hybridized carbons (Fsp3) is 0.231. The molecule has 0 saturated heterocycles. The Morgan fingerprint density at radius 2 is 1.80 bits per heavy atom. The number of hydrogen-bond donors (Lipinski definition) is 1. The summed E-state index contributed by atoms with van der Waals surface area (Å²) in [5.41, 5.74) is 5.54. The Morgan fingerprint density at radius 1 is 1.10 bits per heavy atom. The highest BCUT2D eigenvalue weighted by Gasteiger charge is 2.32. The predicted octanol–water partition coefficient (Wildman–Crippen LogP) is 3.26. The molecule has 20 heavy (non-hydrogen) atoms. The molecule has 0 bridgehead atoms. The maximum absolute atomic E-state index is 12.3. The molecule has 0 aliphatic rings. The molecule has 0 aliphatic carbocycles. The summed E-state index contributed by atoms with van der Waals surface area (Å²) in [6, 6.07) is 8.75. The van der Waals surface area contributed by atoms with E-state index in [4.69, 9.17) is 14.9 Å². The highest BCUT2D eigenvalue weighted by atomic mass is 19.4. The van der Waals surface area contributed by atoms with Crippen molar-refractivity contribution >= 4 is 0 Å². The van der Waals surface area contributed by atoms with Crippen molar-refractivity contribution in [2.75, 3.05) is 6.54 Å². The zero-order chi connectivity index (χ0) is 14.6. The van der Waals surface area contributed by atoms with Gasteiger partial charge < -0.3 is 19.6 Å². The molecular weight excluding hydrogens is 275 g/mol. The van der Waals surface area contributed by atoms with E-state index in [1.165, 1.54) is 30.5 Å². The zero-order valence-corrected chi connectivity index (χ0v) is 10.3. The average Bonchev–Trinajstić information content (AvgIpc) is 2.89. The molecule has 1 unspecified atom stereocenters. The number of rotatable bonds is 5. The Labute approximate surface area is 112 Å². The van der Waals surface area contributed by atoms with E-state index < -0.39 is 18.2 Å². The maximum Gasteiger partial charge on any atom is 0.573 e. The van der Waals surface area contributed by atoms with Crippen LogP contribution in [0.1, 0.15) is 11.9 Å². The van der Waals surface area contributed by atoms with Crippen molar-refractivity contribution in [2.45, 2.75) is 12.5 Å². The van der Waals surface area contributed by atoms with Gasteiger partial charge in [-0.1, -0.05) is 12.1 Å². The quantitative estimate of drug-likeness (QED) is 0.917. The second-order valence-corrected chi connectivity index (χ2v) is 3.85. The van der Waals surface area contributed by atoms with E-state index in [1.54, 1.807) is 12.1 Å². The van der Waals surface area contributed by atoms with E-state index in [0.29, 0.717) is 5.76 Å². The van der Waals surface area contributed by atoms with E-state index in [1.807, 2.05) is 0 Å². The van der Waals surface area contributed by atoms with Crippen LogP contribution in [0.15, 0.2) is 47.1 Å². The molecule has 1 aromatic carbocycles. The monoisotopic (exact) mass is 287 g/mol. The molecule has 1 atom stereocenters. The third-order valence-corrected chi connectivity index (χ3v) is 2.42. The molecule has 4 nitrogen and oxygen atoms in total. The molecule has 0 amide bonds. The number of para-hydroxylation sites is 2. The van der Waals surface area contributed by atoms with E-state index in [0.717, 1.165) is 0 Å². The van der Waals surface area contributed by atoms with Crippen molar-refractivity contribution in [3.63, 3.8) is 0 Å². The van der Waals surface area contributed by atoms with Crippen LogP contribution < -0.4 is 15.2 Å². The summed E-state index contributed by atoms with van der Waals surface area (Å²) in [5.74, 6) is -0.0593. The summed E-state index contributed by atoms with van der Waals surface area (Å²) in [6.07, 6.45) is -4.05. The van der Waals surface area contributed by atoms with Gasteiger partial charge in [-0.25, -0.2) is 0 Å². The molecule has 1 heterocycles. The van der Waals surface area contributed by atoms with E-state index in [2.05, 4.69) is 4.74 Å². The van der Waals surface area contributed by atoms with Crippen LogP contribution >= 0.6 is 0 Å². The van der Waals surface area contributed by atoms with Gasteiger partial charge in [-0.05, 0) is 24.3 Å². The van der Waals surface area contributed by atoms with E-state index in [-0.39, 0.29) is 12.3 Å². The van der Waals surface area contributed by atoms with Crippen LogP contribution in [-0.4, -0.2) is 12.9 Å². The molecule has 108 valence electrons. The Bertz CT molecular complexity index is 540. The van der Waals surface area contributed by atoms with Gasteiger partial charge in [0.05, 0.1) is 6.26 Å². The molecule has 0 aliphatic heterocycles. The lowest BCUT2D eigenvalue weighted by atomic mass is 10.2. The van der Waals surface area contributed by atoms with Crippen molar-refractivity contribution in [1.82, 2.24) is 0 Å². The second-order valence-electron chi connectivity index (χ2n) is 3.85. The maximum atomic E-state index is 12.3. The van der Waals surface area contributed by atoms with Crippen molar-refractivity contribution in [3.8, 4) is 11.5 Å². The Kier molecular flexibility index (Phi) is 4.19. The van der Waals surface area contributed by atoms with Gasteiger partial charge in [-0.15, -0.1) is 13.2 Å². The smallest absolute Gasteiger partial charge is 0.477 e. The van der Waals surface area contributed by atoms with Gasteiger partial charge in [0.1, 0.15) is 5.76 Å². The Hall–Kier alpha value is -2.15. The molecule has 0 spiro atoms. The van der Waals surface area contributed by atoms with Crippen LogP contribution in [0.25, 0.3) is 0 Å². The topological polar surface area (TPSA) is 57.6 Å². The van der Waals surface area contributed by atoms with Gasteiger partial charge in [0, 0.05) is 6.54 Å². The molecule has 7 heteroatoms. The van der Waals surface area contributed by atoms with Gasteiger partial charge in [0.2, 0.25) is 0 Å². The van der Waals surface area contributed by atoms with Crippen LogP contribution in [0.3, 0.4) is 0 Å². The standard InChI is InChI=1S/C13H12F3NO3/c14-13(15,16)20-11-5-2-1-4-10(11)19-12(8-17)9-6-3-7-18-9/h1-7,12H,8,17H2. The van der Waals surface area contributed by atoms with Gasteiger partial charge in [0.25, 0.3) is 0 Å². The normalized spacial score (nSPS) is 13.0. The van der Waals surface area contributed by atoms with Crippen molar-refractivity contribution < 1.29 is 27.1 Å². The van der Waals surface area contributed by atoms with Crippen LogP contribution in [0.4, 0.5) is 13.2 Å². The fourth-order valence-corrected chi connectivity index (χ4v) is 1.61. The summed E-state index contributed by atoms with van der Waals surface area (Å²) in [6.45, 7) is 0.0495. The first-order valence-corrected chi connectivity index (χ1v) is 5.74. The zero-order valence-electron chi connectivity index (χ0n) is 10.3. The first kappa shape index (κ1) is 14.3. The summed E-state index contributed by atoms with van der Waals surface area (Å²) in [5, 5.41) is 0. The first-order valence-electron chi connectivity index (χ1n) is 5.74. The minimum atomic E-state index is -4.79. The van der Waals surface area contributed by atoms with Crippen LogP contribution in [0.2, 0.25) is 0 Å². The second kappa shape index (κ2) is 5.87. The lowest BCUT2D eigenvalue weighted by molar-refractivity contribution is -0.275. The highest BCUT2D eigenvalue weighted by Crippen LogP contribution is 2.34. The SMILES string of the molecule is NCC(Oc1ccccc1OC(F)(F)F)c1ccco1. The molecule has 1 aromatic heterocycles. The third kappa shape index (κ3) is 3.67. The third-order valence-electron chi connectivity index (χ3n) is 2.42. The average molecular weight is 287 g/mol. The molecule has 0 fully saturated rings.